The van der Waals surface area contributed by atoms with E-state index in [2.05, 4.69) is 10.6 Å². The number of amides is 1. The molecule has 0 aromatic carbocycles. The van der Waals surface area contributed by atoms with Crippen LogP contribution in [0.15, 0.2) is 17.5 Å². The summed E-state index contributed by atoms with van der Waals surface area (Å²) in [5, 5.41) is 8.36. The molecule has 2 heterocycles. The molecular formula is C11H16N2OS. The van der Waals surface area contributed by atoms with Crippen LogP contribution in [0.4, 0.5) is 0 Å². The number of nitrogens with one attached hydrogen (secondary N) is 2. The SMILES string of the molecule is O=C(NC1CCCNCC1)c1cccs1. The number of thiophene rings is 1. The number of rotatable bonds is 2. The number of carbonyl (C=O) groups is 1. The van der Waals surface area contributed by atoms with Crippen molar-refractivity contribution in [1.29, 1.82) is 0 Å². The second kappa shape index (κ2) is 5.28. The normalized spacial score (nSPS) is 22.0. The molecule has 1 aliphatic heterocycles. The van der Waals surface area contributed by atoms with Gasteiger partial charge in [-0.3, -0.25) is 4.79 Å². The topological polar surface area (TPSA) is 41.1 Å². The summed E-state index contributed by atoms with van der Waals surface area (Å²) in [6.45, 7) is 2.08. The first-order valence-corrected chi connectivity index (χ1v) is 6.29. The van der Waals surface area contributed by atoms with E-state index in [1.807, 2.05) is 17.5 Å². The highest BCUT2D eigenvalue weighted by Gasteiger charge is 2.15. The van der Waals surface area contributed by atoms with Crippen molar-refractivity contribution in [3.63, 3.8) is 0 Å². The van der Waals surface area contributed by atoms with Crippen LogP contribution in [-0.4, -0.2) is 25.0 Å². The van der Waals surface area contributed by atoms with Crippen LogP contribution in [0.3, 0.4) is 0 Å². The molecule has 0 saturated carbocycles. The molecule has 1 aromatic rings. The monoisotopic (exact) mass is 224 g/mol. The Hall–Kier alpha value is -0.870. The van der Waals surface area contributed by atoms with Gasteiger partial charge in [0, 0.05) is 6.04 Å². The molecule has 0 radical (unpaired) electrons. The standard InChI is InChI=1S/C11H16N2OS/c14-11(10-4-2-8-15-10)13-9-3-1-6-12-7-5-9/h2,4,8-9,12H,1,3,5-7H2,(H,13,14). The Morgan fingerprint density at radius 3 is 3.20 bits per heavy atom. The van der Waals surface area contributed by atoms with Crippen molar-refractivity contribution in [2.75, 3.05) is 13.1 Å². The lowest BCUT2D eigenvalue weighted by molar-refractivity contribution is 0.0938. The third kappa shape index (κ3) is 3.04. The Balaban J connectivity index is 1.87. The summed E-state index contributed by atoms with van der Waals surface area (Å²) in [4.78, 5) is 12.6. The minimum Gasteiger partial charge on any atom is -0.349 e. The maximum Gasteiger partial charge on any atom is 0.261 e. The van der Waals surface area contributed by atoms with E-state index in [1.165, 1.54) is 11.3 Å². The first-order chi connectivity index (χ1) is 7.36. The van der Waals surface area contributed by atoms with Gasteiger partial charge in [-0.15, -0.1) is 11.3 Å². The maximum atomic E-state index is 11.8. The van der Waals surface area contributed by atoms with Gasteiger partial charge < -0.3 is 10.6 Å². The van der Waals surface area contributed by atoms with Crippen molar-refractivity contribution in [1.82, 2.24) is 10.6 Å². The molecule has 1 amide bonds. The molecule has 15 heavy (non-hydrogen) atoms. The van der Waals surface area contributed by atoms with Crippen LogP contribution in [-0.2, 0) is 0 Å². The van der Waals surface area contributed by atoms with E-state index in [-0.39, 0.29) is 5.91 Å². The van der Waals surface area contributed by atoms with Crippen LogP contribution in [0.25, 0.3) is 0 Å². The molecule has 1 saturated heterocycles. The fraction of sp³-hybridized carbons (Fsp3) is 0.545. The minimum atomic E-state index is 0.0805. The van der Waals surface area contributed by atoms with E-state index in [0.29, 0.717) is 6.04 Å². The van der Waals surface area contributed by atoms with Gasteiger partial charge >= 0.3 is 0 Å². The highest BCUT2D eigenvalue weighted by atomic mass is 32.1. The van der Waals surface area contributed by atoms with Crippen molar-refractivity contribution in [3.05, 3.63) is 22.4 Å². The Morgan fingerprint density at radius 1 is 1.47 bits per heavy atom. The average Bonchev–Trinajstić information content (AvgIpc) is 2.65. The van der Waals surface area contributed by atoms with Crippen LogP contribution in [0.5, 0.6) is 0 Å². The summed E-state index contributed by atoms with van der Waals surface area (Å²) < 4.78 is 0. The molecule has 82 valence electrons. The van der Waals surface area contributed by atoms with Crippen molar-refractivity contribution >= 4 is 17.2 Å². The lowest BCUT2D eigenvalue weighted by atomic mass is 10.1. The van der Waals surface area contributed by atoms with Gasteiger partial charge in [-0.05, 0) is 43.8 Å². The third-order valence-corrected chi connectivity index (χ3v) is 3.52. The smallest absolute Gasteiger partial charge is 0.261 e. The summed E-state index contributed by atoms with van der Waals surface area (Å²) in [5.74, 6) is 0.0805. The molecule has 3 nitrogen and oxygen atoms in total. The van der Waals surface area contributed by atoms with Crippen LogP contribution < -0.4 is 10.6 Å². The van der Waals surface area contributed by atoms with Gasteiger partial charge in [-0.1, -0.05) is 6.07 Å². The average molecular weight is 224 g/mol. The van der Waals surface area contributed by atoms with Gasteiger partial charge in [0.2, 0.25) is 0 Å². The van der Waals surface area contributed by atoms with Crippen LogP contribution in [0.2, 0.25) is 0 Å². The summed E-state index contributed by atoms with van der Waals surface area (Å²) in [6, 6.07) is 4.12. The maximum absolute atomic E-state index is 11.8. The van der Waals surface area contributed by atoms with Crippen molar-refractivity contribution in [3.8, 4) is 0 Å². The van der Waals surface area contributed by atoms with Gasteiger partial charge in [-0.2, -0.15) is 0 Å². The molecule has 1 fully saturated rings. The zero-order valence-corrected chi connectivity index (χ0v) is 9.48. The summed E-state index contributed by atoms with van der Waals surface area (Å²) in [5.41, 5.74) is 0. The Kier molecular flexibility index (Phi) is 3.75. The van der Waals surface area contributed by atoms with E-state index in [1.54, 1.807) is 0 Å². The largest absolute Gasteiger partial charge is 0.349 e. The molecule has 1 aromatic heterocycles. The van der Waals surface area contributed by atoms with Crippen LogP contribution >= 0.6 is 11.3 Å². The van der Waals surface area contributed by atoms with Crippen molar-refractivity contribution in [2.24, 2.45) is 0 Å². The fourth-order valence-corrected chi connectivity index (χ4v) is 2.45. The highest BCUT2D eigenvalue weighted by Crippen LogP contribution is 2.10. The molecular weight excluding hydrogens is 208 g/mol. The summed E-state index contributed by atoms with van der Waals surface area (Å²) >= 11 is 1.50. The highest BCUT2D eigenvalue weighted by molar-refractivity contribution is 7.12. The molecule has 1 aliphatic rings. The molecule has 0 spiro atoms. The van der Waals surface area contributed by atoms with E-state index < -0.39 is 0 Å². The quantitative estimate of drug-likeness (QED) is 0.801. The second-order valence-electron chi connectivity index (χ2n) is 3.83. The Labute approximate surface area is 93.9 Å². The zero-order valence-electron chi connectivity index (χ0n) is 8.66. The van der Waals surface area contributed by atoms with Gasteiger partial charge in [0.15, 0.2) is 0 Å². The molecule has 1 unspecified atom stereocenters. The molecule has 0 aliphatic carbocycles. The molecule has 1 atom stereocenters. The first-order valence-electron chi connectivity index (χ1n) is 5.41. The van der Waals surface area contributed by atoms with E-state index in [9.17, 15) is 4.79 Å². The predicted octanol–water partition coefficient (Wildman–Crippen LogP) is 1.62. The fourth-order valence-electron chi connectivity index (χ4n) is 1.83. The van der Waals surface area contributed by atoms with Crippen molar-refractivity contribution < 1.29 is 4.79 Å². The van der Waals surface area contributed by atoms with E-state index >= 15 is 0 Å². The molecule has 2 rings (SSSR count). The Morgan fingerprint density at radius 2 is 2.40 bits per heavy atom. The number of carbonyl (C=O) groups excluding carboxylic acids is 1. The number of hydrogen-bond acceptors (Lipinski definition) is 3. The molecule has 0 bridgehead atoms. The zero-order chi connectivity index (χ0) is 10.5. The van der Waals surface area contributed by atoms with Gasteiger partial charge in [0.25, 0.3) is 5.91 Å². The van der Waals surface area contributed by atoms with Crippen LogP contribution in [0, 0.1) is 0 Å². The lowest BCUT2D eigenvalue weighted by Gasteiger charge is -2.14. The summed E-state index contributed by atoms with van der Waals surface area (Å²) in [7, 11) is 0. The predicted molar refractivity (Wildman–Crippen MR) is 62.3 cm³/mol. The van der Waals surface area contributed by atoms with Crippen molar-refractivity contribution in [2.45, 2.75) is 25.3 Å². The molecule has 2 N–H and O–H groups in total. The molecule has 4 heteroatoms. The lowest BCUT2D eigenvalue weighted by Crippen LogP contribution is -2.34. The van der Waals surface area contributed by atoms with Gasteiger partial charge in [0.1, 0.15) is 0 Å². The van der Waals surface area contributed by atoms with E-state index in [0.717, 1.165) is 37.2 Å². The second-order valence-corrected chi connectivity index (χ2v) is 4.78. The minimum absolute atomic E-state index is 0.0805. The van der Waals surface area contributed by atoms with Gasteiger partial charge in [0.05, 0.1) is 4.88 Å². The Bertz CT molecular complexity index is 302. The van der Waals surface area contributed by atoms with Gasteiger partial charge in [-0.25, -0.2) is 0 Å². The first kappa shape index (κ1) is 10.6. The van der Waals surface area contributed by atoms with Crippen LogP contribution in [0.1, 0.15) is 28.9 Å². The van der Waals surface area contributed by atoms with E-state index in [4.69, 9.17) is 0 Å². The summed E-state index contributed by atoms with van der Waals surface area (Å²) in [6.07, 6.45) is 3.27. The number of hydrogen-bond donors (Lipinski definition) is 2. The third-order valence-electron chi connectivity index (χ3n) is 2.66.